The van der Waals surface area contributed by atoms with Crippen molar-refractivity contribution >= 4 is 17.6 Å². The van der Waals surface area contributed by atoms with Crippen molar-refractivity contribution in [1.29, 1.82) is 0 Å². The van der Waals surface area contributed by atoms with Crippen LogP contribution in [0.5, 0.6) is 5.75 Å². The molecule has 0 aliphatic heterocycles. The van der Waals surface area contributed by atoms with Crippen molar-refractivity contribution in [3.8, 4) is 5.75 Å². The molecule has 0 aliphatic rings. The van der Waals surface area contributed by atoms with Crippen LogP contribution in [0.3, 0.4) is 0 Å². The van der Waals surface area contributed by atoms with Crippen LogP contribution in [0.15, 0.2) is 30.5 Å². The van der Waals surface area contributed by atoms with Gasteiger partial charge in [-0.15, -0.1) is 0 Å². The largest absolute Gasteiger partial charge is 0.495 e. The van der Waals surface area contributed by atoms with Crippen LogP contribution in [0.4, 0.5) is 5.69 Å². The fourth-order valence-electron chi connectivity index (χ4n) is 1.89. The number of anilines is 1. The molecule has 1 aromatic heterocycles. The monoisotopic (exact) mass is 289 g/mol. The summed E-state index contributed by atoms with van der Waals surface area (Å²) in [6, 6.07) is 6.73. The lowest BCUT2D eigenvalue weighted by Gasteiger charge is -2.11. The lowest BCUT2D eigenvalue weighted by atomic mass is 10.2. The number of methoxy groups -OCH3 is 1. The smallest absolute Gasteiger partial charge is 0.354 e. The average Bonchev–Trinajstić information content (AvgIpc) is 2.87. The van der Waals surface area contributed by atoms with Crippen molar-refractivity contribution in [1.82, 2.24) is 9.78 Å². The molecule has 2 aromatic rings. The summed E-state index contributed by atoms with van der Waals surface area (Å²) in [5.74, 6) is -0.980. The number of aromatic nitrogens is 2. The van der Waals surface area contributed by atoms with Gasteiger partial charge in [0.25, 0.3) is 0 Å². The van der Waals surface area contributed by atoms with Gasteiger partial charge in [-0.05, 0) is 30.7 Å². The first-order chi connectivity index (χ1) is 10.0. The Balaban J connectivity index is 2.13. The van der Waals surface area contributed by atoms with Gasteiger partial charge in [0, 0.05) is 6.20 Å². The van der Waals surface area contributed by atoms with Crippen LogP contribution in [0.1, 0.15) is 16.1 Å². The fourth-order valence-corrected chi connectivity index (χ4v) is 1.89. The van der Waals surface area contributed by atoms with Gasteiger partial charge in [-0.2, -0.15) is 5.10 Å². The number of carbonyl (C=O) groups is 2. The number of nitrogens with zero attached hydrogens (tertiary/aromatic N) is 2. The molecule has 2 rings (SSSR count). The van der Waals surface area contributed by atoms with Crippen molar-refractivity contribution in [2.75, 3.05) is 12.4 Å². The second kappa shape index (κ2) is 6.08. The lowest BCUT2D eigenvalue weighted by Crippen LogP contribution is -2.22. The van der Waals surface area contributed by atoms with Gasteiger partial charge >= 0.3 is 5.97 Å². The number of ether oxygens (including phenoxy) is 1. The predicted octanol–water partition coefficient (Wildman–Crippen LogP) is 1.54. The highest BCUT2D eigenvalue weighted by Gasteiger charge is 2.14. The quantitative estimate of drug-likeness (QED) is 0.870. The topological polar surface area (TPSA) is 93.5 Å². The number of carbonyl (C=O) groups excluding carboxylic acids is 1. The molecule has 0 saturated heterocycles. The van der Waals surface area contributed by atoms with E-state index in [0.717, 1.165) is 10.2 Å². The summed E-state index contributed by atoms with van der Waals surface area (Å²) >= 11 is 0. The van der Waals surface area contributed by atoms with E-state index in [1.165, 1.54) is 19.4 Å². The third-order valence-electron chi connectivity index (χ3n) is 2.86. The van der Waals surface area contributed by atoms with Crippen molar-refractivity contribution in [3.05, 3.63) is 41.7 Å². The van der Waals surface area contributed by atoms with Gasteiger partial charge in [0.1, 0.15) is 18.0 Å². The van der Waals surface area contributed by atoms with Crippen molar-refractivity contribution < 1.29 is 19.4 Å². The van der Waals surface area contributed by atoms with Crippen LogP contribution in [0.2, 0.25) is 0 Å². The third-order valence-corrected chi connectivity index (χ3v) is 2.86. The first-order valence-electron chi connectivity index (χ1n) is 6.21. The first kappa shape index (κ1) is 14.6. The number of benzene rings is 1. The number of nitrogens with one attached hydrogen (secondary N) is 1. The maximum atomic E-state index is 12.0. The van der Waals surface area contributed by atoms with Gasteiger partial charge in [-0.3, -0.25) is 4.79 Å². The summed E-state index contributed by atoms with van der Waals surface area (Å²) in [5.41, 5.74) is 1.46. The van der Waals surface area contributed by atoms with E-state index in [1.54, 1.807) is 12.1 Å². The maximum Gasteiger partial charge on any atom is 0.354 e. The molecule has 7 nitrogen and oxygen atoms in total. The maximum absolute atomic E-state index is 12.0. The molecule has 7 heteroatoms. The highest BCUT2D eigenvalue weighted by molar-refractivity contribution is 5.93. The van der Waals surface area contributed by atoms with Gasteiger partial charge in [-0.1, -0.05) is 6.07 Å². The molecule has 21 heavy (non-hydrogen) atoms. The number of aryl methyl sites for hydroxylation is 1. The highest BCUT2D eigenvalue weighted by Crippen LogP contribution is 2.25. The van der Waals surface area contributed by atoms with Crippen molar-refractivity contribution in [2.24, 2.45) is 0 Å². The molecule has 2 N–H and O–H groups in total. The Kier molecular flexibility index (Phi) is 4.22. The van der Waals surface area contributed by atoms with E-state index in [-0.39, 0.29) is 18.1 Å². The van der Waals surface area contributed by atoms with E-state index in [4.69, 9.17) is 9.84 Å². The fraction of sp³-hybridized carbons (Fsp3) is 0.214. The van der Waals surface area contributed by atoms with Crippen LogP contribution in [-0.4, -0.2) is 33.9 Å². The van der Waals surface area contributed by atoms with E-state index < -0.39 is 5.97 Å². The molecule has 110 valence electrons. The number of hydrogen-bond donors (Lipinski definition) is 2. The first-order valence-corrected chi connectivity index (χ1v) is 6.21. The van der Waals surface area contributed by atoms with Gasteiger partial charge in [0.15, 0.2) is 0 Å². The molecule has 1 heterocycles. The molecule has 0 saturated carbocycles. The van der Waals surface area contributed by atoms with Crippen LogP contribution in [0, 0.1) is 6.92 Å². The van der Waals surface area contributed by atoms with E-state index >= 15 is 0 Å². The normalized spacial score (nSPS) is 10.2. The summed E-state index contributed by atoms with van der Waals surface area (Å²) in [4.78, 5) is 23.0. The molecule has 0 radical (unpaired) electrons. The van der Waals surface area contributed by atoms with Crippen LogP contribution in [-0.2, 0) is 11.3 Å². The summed E-state index contributed by atoms with van der Waals surface area (Å²) in [6.45, 7) is 1.71. The number of carboxylic acids is 1. The van der Waals surface area contributed by atoms with E-state index in [2.05, 4.69) is 10.4 Å². The predicted molar refractivity (Wildman–Crippen MR) is 75.5 cm³/mol. The van der Waals surface area contributed by atoms with Gasteiger partial charge < -0.3 is 15.2 Å². The number of amides is 1. The van der Waals surface area contributed by atoms with E-state index in [0.29, 0.717) is 11.4 Å². The van der Waals surface area contributed by atoms with Crippen LogP contribution in [0.25, 0.3) is 0 Å². The number of rotatable bonds is 5. The zero-order valence-electron chi connectivity index (χ0n) is 11.7. The van der Waals surface area contributed by atoms with Crippen LogP contribution < -0.4 is 10.1 Å². The summed E-state index contributed by atoms with van der Waals surface area (Å²) in [5, 5.41) is 15.5. The highest BCUT2D eigenvalue weighted by atomic mass is 16.5. The van der Waals surface area contributed by atoms with E-state index in [9.17, 15) is 9.59 Å². The molecular formula is C14H15N3O4. The Bertz CT molecular complexity index is 679. The third kappa shape index (κ3) is 3.38. The molecule has 0 bridgehead atoms. The number of aromatic carboxylic acids is 1. The standard InChI is InChI=1S/C14H15N3O4/c1-9-3-4-12(21-2)10(7-9)16-13(18)8-17-11(14(19)20)5-6-15-17/h3-7H,8H2,1-2H3,(H,16,18)(H,19,20). The van der Waals surface area contributed by atoms with Gasteiger partial charge in [0.05, 0.1) is 12.8 Å². The van der Waals surface area contributed by atoms with Crippen LogP contribution >= 0.6 is 0 Å². The summed E-state index contributed by atoms with van der Waals surface area (Å²) in [7, 11) is 1.51. The molecular weight excluding hydrogens is 274 g/mol. The molecule has 0 unspecified atom stereocenters. The SMILES string of the molecule is COc1ccc(C)cc1NC(=O)Cn1nccc1C(=O)O. The van der Waals surface area contributed by atoms with Crippen molar-refractivity contribution in [3.63, 3.8) is 0 Å². The Hall–Kier alpha value is -2.83. The molecule has 1 amide bonds. The Morgan fingerprint density at radius 3 is 2.81 bits per heavy atom. The second-order valence-electron chi connectivity index (χ2n) is 4.43. The molecule has 1 aromatic carbocycles. The average molecular weight is 289 g/mol. The number of hydrogen-bond acceptors (Lipinski definition) is 4. The minimum atomic E-state index is -1.13. The molecule has 0 aliphatic carbocycles. The minimum absolute atomic E-state index is 0.0404. The summed E-state index contributed by atoms with van der Waals surface area (Å²) < 4.78 is 6.29. The van der Waals surface area contributed by atoms with Crippen molar-refractivity contribution in [2.45, 2.75) is 13.5 Å². The Morgan fingerprint density at radius 2 is 2.14 bits per heavy atom. The summed E-state index contributed by atoms with van der Waals surface area (Å²) in [6.07, 6.45) is 1.34. The lowest BCUT2D eigenvalue weighted by molar-refractivity contribution is -0.116. The van der Waals surface area contributed by atoms with Gasteiger partial charge in [-0.25, -0.2) is 9.48 Å². The Morgan fingerprint density at radius 1 is 1.38 bits per heavy atom. The zero-order valence-corrected chi connectivity index (χ0v) is 11.7. The number of carboxylic acid groups (broad SMARTS) is 1. The minimum Gasteiger partial charge on any atom is -0.495 e. The molecule has 0 spiro atoms. The Labute approximate surface area is 121 Å². The zero-order chi connectivity index (χ0) is 15.4. The van der Waals surface area contributed by atoms with Gasteiger partial charge in [0.2, 0.25) is 5.91 Å². The molecule has 0 fully saturated rings. The molecule has 0 atom stereocenters. The van der Waals surface area contributed by atoms with E-state index in [1.807, 2.05) is 13.0 Å². The second-order valence-corrected chi connectivity index (χ2v) is 4.43.